The fourth-order valence-corrected chi connectivity index (χ4v) is 3.72. The molecular weight excluding hydrogens is 435 g/mol. The smallest absolute Gasteiger partial charge is 0.226 e. The van der Waals surface area contributed by atoms with Crippen LogP contribution in [0.15, 0.2) is 42.6 Å². The van der Waals surface area contributed by atoms with E-state index in [1.54, 1.807) is 38.2 Å². The van der Waals surface area contributed by atoms with Gasteiger partial charge in [0.15, 0.2) is 0 Å². The number of morpholine rings is 1. The van der Waals surface area contributed by atoms with Crippen molar-refractivity contribution in [3.8, 4) is 11.3 Å². The predicted octanol–water partition coefficient (Wildman–Crippen LogP) is 3.88. The first-order chi connectivity index (χ1) is 15.3. The number of aromatic nitrogens is 3. The fraction of sp³-hybridized carbons (Fsp3) is 0.318. The molecule has 0 atom stereocenters. The molecule has 1 fully saturated rings. The SMILES string of the molecule is CC(C)(c1cc(-c2cnc(N)cc2Cl)nc(N2CCOCC2)n1)N(O)c1cccc(F)c1. The first-order valence-corrected chi connectivity index (χ1v) is 10.5. The molecule has 3 N–H and O–H groups in total. The number of anilines is 3. The minimum absolute atomic E-state index is 0.300. The molecule has 0 unspecified atom stereocenters. The molecule has 168 valence electrons. The van der Waals surface area contributed by atoms with Crippen LogP contribution < -0.4 is 15.7 Å². The molecule has 0 bridgehead atoms. The van der Waals surface area contributed by atoms with E-state index in [9.17, 15) is 9.60 Å². The van der Waals surface area contributed by atoms with Crippen molar-refractivity contribution in [2.45, 2.75) is 19.4 Å². The molecule has 0 amide bonds. The van der Waals surface area contributed by atoms with Gasteiger partial charge in [0, 0.05) is 24.8 Å². The number of ether oxygens (including phenoxy) is 1. The molecule has 1 aliphatic heterocycles. The van der Waals surface area contributed by atoms with Crippen LogP contribution in [-0.2, 0) is 10.3 Å². The van der Waals surface area contributed by atoms with E-state index < -0.39 is 11.4 Å². The molecule has 1 saturated heterocycles. The van der Waals surface area contributed by atoms with Crippen molar-refractivity contribution in [1.82, 2.24) is 15.0 Å². The van der Waals surface area contributed by atoms with Gasteiger partial charge in [-0.05, 0) is 44.2 Å². The van der Waals surface area contributed by atoms with Gasteiger partial charge in [-0.2, -0.15) is 0 Å². The van der Waals surface area contributed by atoms with E-state index in [2.05, 4.69) is 4.98 Å². The molecular formula is C22H24ClFN6O2. The maximum atomic E-state index is 13.8. The van der Waals surface area contributed by atoms with Gasteiger partial charge in [0.1, 0.15) is 17.2 Å². The highest BCUT2D eigenvalue weighted by atomic mass is 35.5. The zero-order valence-corrected chi connectivity index (χ0v) is 18.6. The number of hydrogen-bond donors (Lipinski definition) is 2. The monoisotopic (exact) mass is 458 g/mol. The molecule has 32 heavy (non-hydrogen) atoms. The normalized spacial score (nSPS) is 14.5. The maximum absolute atomic E-state index is 13.8. The summed E-state index contributed by atoms with van der Waals surface area (Å²) in [6, 6.07) is 9.03. The zero-order valence-electron chi connectivity index (χ0n) is 17.8. The van der Waals surface area contributed by atoms with Crippen molar-refractivity contribution in [3.63, 3.8) is 0 Å². The van der Waals surface area contributed by atoms with E-state index in [1.165, 1.54) is 18.2 Å². The Morgan fingerprint density at radius 2 is 1.94 bits per heavy atom. The van der Waals surface area contributed by atoms with Crippen molar-refractivity contribution in [3.05, 3.63) is 59.1 Å². The highest BCUT2D eigenvalue weighted by Crippen LogP contribution is 2.35. The quantitative estimate of drug-likeness (QED) is 0.555. The zero-order chi connectivity index (χ0) is 22.9. The highest BCUT2D eigenvalue weighted by Gasteiger charge is 2.32. The number of pyridine rings is 1. The number of halogens is 2. The van der Waals surface area contributed by atoms with E-state index in [4.69, 9.17) is 32.0 Å². The van der Waals surface area contributed by atoms with Gasteiger partial charge < -0.3 is 15.4 Å². The summed E-state index contributed by atoms with van der Waals surface area (Å²) < 4.78 is 19.2. The van der Waals surface area contributed by atoms with Crippen LogP contribution in [0.5, 0.6) is 0 Å². The standard InChI is InChI=1S/C22H24ClFN6O2/c1-22(2,30(31)15-5-3-4-14(24)10-15)19-12-18(16-13-26-20(25)11-17(16)23)27-21(28-19)29-6-8-32-9-7-29/h3-5,10-13,31H,6-9H2,1-2H3,(H2,25,26). The van der Waals surface area contributed by atoms with Crippen LogP contribution in [0.4, 0.5) is 21.8 Å². The van der Waals surface area contributed by atoms with E-state index in [-0.39, 0.29) is 0 Å². The van der Waals surface area contributed by atoms with Crippen molar-refractivity contribution in [1.29, 1.82) is 0 Å². The molecule has 3 heterocycles. The average molecular weight is 459 g/mol. The lowest BCUT2D eigenvalue weighted by atomic mass is 9.97. The second-order valence-corrected chi connectivity index (χ2v) is 8.38. The number of nitrogens with zero attached hydrogens (tertiary/aromatic N) is 5. The number of hydroxylamine groups is 1. The number of rotatable bonds is 5. The van der Waals surface area contributed by atoms with Crippen molar-refractivity contribution < 1.29 is 14.3 Å². The summed E-state index contributed by atoms with van der Waals surface area (Å²) in [7, 11) is 0. The van der Waals surface area contributed by atoms with Crippen molar-refractivity contribution in [2.75, 3.05) is 42.0 Å². The Hall–Kier alpha value is -3.01. The molecule has 3 aromatic rings. The van der Waals surface area contributed by atoms with Crippen LogP contribution in [-0.4, -0.2) is 46.5 Å². The molecule has 0 radical (unpaired) electrons. The first-order valence-electron chi connectivity index (χ1n) is 10.1. The molecule has 8 nitrogen and oxygen atoms in total. The minimum Gasteiger partial charge on any atom is -0.384 e. The largest absolute Gasteiger partial charge is 0.384 e. The summed E-state index contributed by atoms with van der Waals surface area (Å²) in [5.74, 6) is 0.332. The summed E-state index contributed by atoms with van der Waals surface area (Å²) in [6.07, 6.45) is 1.56. The average Bonchev–Trinajstić information content (AvgIpc) is 2.79. The van der Waals surface area contributed by atoms with Crippen molar-refractivity contribution >= 4 is 29.1 Å². The summed E-state index contributed by atoms with van der Waals surface area (Å²) in [5.41, 5.74) is 6.66. The van der Waals surface area contributed by atoms with E-state index in [1.807, 2.05) is 4.90 Å². The fourth-order valence-electron chi connectivity index (χ4n) is 3.46. The third-order valence-corrected chi connectivity index (χ3v) is 5.68. The summed E-state index contributed by atoms with van der Waals surface area (Å²) >= 11 is 6.43. The number of hydrogen-bond acceptors (Lipinski definition) is 8. The Morgan fingerprint density at radius 3 is 2.62 bits per heavy atom. The van der Waals surface area contributed by atoms with Crippen LogP contribution in [0.2, 0.25) is 5.02 Å². The lowest BCUT2D eigenvalue weighted by Gasteiger charge is -2.35. The van der Waals surface area contributed by atoms with Crippen LogP contribution in [0, 0.1) is 5.82 Å². The molecule has 2 aromatic heterocycles. The summed E-state index contributed by atoms with van der Waals surface area (Å²) in [6.45, 7) is 5.96. The molecule has 1 aliphatic rings. The molecule has 10 heteroatoms. The van der Waals surface area contributed by atoms with Crippen molar-refractivity contribution in [2.24, 2.45) is 0 Å². The van der Waals surface area contributed by atoms with Gasteiger partial charge in [0.2, 0.25) is 5.95 Å². The highest BCUT2D eigenvalue weighted by molar-refractivity contribution is 6.33. The first kappa shape index (κ1) is 22.2. The lowest BCUT2D eigenvalue weighted by Crippen LogP contribution is -2.41. The van der Waals surface area contributed by atoms with E-state index in [0.29, 0.717) is 65.7 Å². The second kappa shape index (κ2) is 8.85. The summed E-state index contributed by atoms with van der Waals surface area (Å²) in [5, 5.41) is 12.4. The van der Waals surface area contributed by atoms with Gasteiger partial charge in [-0.15, -0.1) is 0 Å². The Labute approximate surface area is 190 Å². The predicted molar refractivity (Wildman–Crippen MR) is 121 cm³/mol. The van der Waals surface area contributed by atoms with Crippen LogP contribution in [0.25, 0.3) is 11.3 Å². The third-order valence-electron chi connectivity index (χ3n) is 5.37. The summed E-state index contributed by atoms with van der Waals surface area (Å²) in [4.78, 5) is 15.6. The Morgan fingerprint density at radius 1 is 1.19 bits per heavy atom. The second-order valence-electron chi connectivity index (χ2n) is 7.98. The van der Waals surface area contributed by atoms with Gasteiger partial charge in [0.05, 0.1) is 35.3 Å². The van der Waals surface area contributed by atoms with Gasteiger partial charge in [0.25, 0.3) is 0 Å². The van der Waals surface area contributed by atoms with Gasteiger partial charge in [-0.3, -0.25) is 5.21 Å². The molecule has 0 aliphatic carbocycles. The maximum Gasteiger partial charge on any atom is 0.226 e. The topological polar surface area (TPSA) is 101 Å². The lowest BCUT2D eigenvalue weighted by molar-refractivity contribution is 0.122. The van der Waals surface area contributed by atoms with E-state index >= 15 is 0 Å². The van der Waals surface area contributed by atoms with Gasteiger partial charge in [-0.25, -0.2) is 24.4 Å². The minimum atomic E-state index is -1.03. The molecule has 4 rings (SSSR count). The molecule has 1 aromatic carbocycles. The number of benzene rings is 1. The molecule has 0 spiro atoms. The van der Waals surface area contributed by atoms with Crippen LogP contribution in [0.3, 0.4) is 0 Å². The third kappa shape index (κ3) is 4.45. The van der Waals surface area contributed by atoms with E-state index in [0.717, 1.165) is 5.06 Å². The number of nitrogen functional groups attached to an aromatic ring is 1. The Bertz CT molecular complexity index is 1120. The van der Waals surface area contributed by atoms with Gasteiger partial charge >= 0.3 is 0 Å². The molecule has 0 saturated carbocycles. The van der Waals surface area contributed by atoms with Crippen LogP contribution in [0.1, 0.15) is 19.5 Å². The Balaban J connectivity index is 1.82. The number of nitrogens with two attached hydrogens (primary N) is 1. The van der Waals surface area contributed by atoms with Gasteiger partial charge in [-0.1, -0.05) is 17.7 Å². The Kier molecular flexibility index (Phi) is 6.14. The van der Waals surface area contributed by atoms with Crippen LogP contribution >= 0.6 is 11.6 Å².